The number of fused-ring (bicyclic) bond motifs is 1. The van der Waals surface area contributed by atoms with E-state index in [9.17, 15) is 4.79 Å². The van der Waals surface area contributed by atoms with Crippen molar-refractivity contribution in [2.75, 3.05) is 13.2 Å². The van der Waals surface area contributed by atoms with Crippen molar-refractivity contribution >= 4 is 10.9 Å². The van der Waals surface area contributed by atoms with Crippen LogP contribution in [0.1, 0.15) is 24.6 Å². The van der Waals surface area contributed by atoms with Crippen LogP contribution in [0, 0.1) is 6.92 Å². The minimum atomic E-state index is 0.0106. The monoisotopic (exact) mass is 232 g/mol. The zero-order valence-corrected chi connectivity index (χ0v) is 9.90. The Kier molecular flexibility index (Phi) is 2.52. The molecule has 3 rings (SSSR count). The van der Waals surface area contributed by atoms with Gasteiger partial charge >= 0.3 is 0 Å². The molecule has 1 N–H and O–H groups in total. The minimum absolute atomic E-state index is 0.0106. The number of ether oxygens (including phenoxy) is 1. The third-order valence-corrected chi connectivity index (χ3v) is 3.43. The number of aromatic amines is 1. The molecular formula is C13H16N2O2. The Labute approximate surface area is 99.2 Å². The van der Waals surface area contributed by atoms with Gasteiger partial charge in [-0.25, -0.2) is 0 Å². The predicted molar refractivity (Wildman–Crippen MR) is 66.4 cm³/mol. The van der Waals surface area contributed by atoms with Crippen molar-refractivity contribution in [3.8, 4) is 0 Å². The first-order valence-corrected chi connectivity index (χ1v) is 6.04. The van der Waals surface area contributed by atoms with Crippen LogP contribution >= 0.6 is 0 Å². The normalized spacial score (nSPS) is 17.7. The largest absolute Gasteiger partial charge is 0.381 e. The van der Waals surface area contributed by atoms with Crippen molar-refractivity contribution in [3.05, 3.63) is 34.4 Å². The average Bonchev–Trinajstić information content (AvgIpc) is 2.74. The molecule has 0 aliphatic carbocycles. The lowest BCUT2D eigenvalue weighted by atomic mass is 10.1. The molecule has 4 heteroatoms. The highest BCUT2D eigenvalue weighted by atomic mass is 16.5. The Hall–Kier alpha value is -1.55. The summed E-state index contributed by atoms with van der Waals surface area (Å²) < 4.78 is 7.47. The van der Waals surface area contributed by atoms with E-state index in [0.29, 0.717) is 6.04 Å². The molecule has 1 aliphatic heterocycles. The second-order valence-electron chi connectivity index (χ2n) is 4.65. The first kappa shape index (κ1) is 10.6. The Bertz CT molecular complexity index is 591. The van der Waals surface area contributed by atoms with Crippen molar-refractivity contribution in [2.24, 2.45) is 0 Å². The molecule has 0 spiro atoms. The zero-order valence-electron chi connectivity index (χ0n) is 9.90. The Balaban J connectivity index is 2.14. The number of hydrogen-bond acceptors (Lipinski definition) is 2. The molecule has 1 aliphatic rings. The fourth-order valence-electron chi connectivity index (χ4n) is 2.60. The van der Waals surface area contributed by atoms with Crippen LogP contribution in [-0.4, -0.2) is 22.8 Å². The van der Waals surface area contributed by atoms with E-state index in [4.69, 9.17) is 4.74 Å². The van der Waals surface area contributed by atoms with Gasteiger partial charge in [0.1, 0.15) is 5.52 Å². The Morgan fingerprint density at radius 1 is 1.41 bits per heavy atom. The lowest BCUT2D eigenvalue weighted by Gasteiger charge is -2.24. The molecule has 17 heavy (non-hydrogen) atoms. The van der Waals surface area contributed by atoms with Gasteiger partial charge in [0, 0.05) is 36.5 Å². The number of hydrogen-bond donors (Lipinski definition) is 1. The van der Waals surface area contributed by atoms with E-state index in [1.54, 1.807) is 0 Å². The molecule has 90 valence electrons. The van der Waals surface area contributed by atoms with Crippen molar-refractivity contribution in [1.29, 1.82) is 0 Å². The summed E-state index contributed by atoms with van der Waals surface area (Å²) in [6, 6.07) is 4.43. The Morgan fingerprint density at radius 2 is 2.18 bits per heavy atom. The molecule has 0 radical (unpaired) electrons. The van der Waals surface area contributed by atoms with Crippen LogP contribution in [0.25, 0.3) is 10.9 Å². The molecule has 2 aromatic heterocycles. The van der Waals surface area contributed by atoms with Gasteiger partial charge in [0.15, 0.2) is 0 Å². The van der Waals surface area contributed by atoms with Crippen molar-refractivity contribution in [3.63, 3.8) is 0 Å². The van der Waals surface area contributed by atoms with Gasteiger partial charge < -0.3 is 14.3 Å². The van der Waals surface area contributed by atoms with Crippen LogP contribution in [0.5, 0.6) is 0 Å². The predicted octanol–water partition coefficient (Wildman–Crippen LogP) is 1.99. The van der Waals surface area contributed by atoms with E-state index in [0.717, 1.165) is 42.7 Å². The molecule has 0 unspecified atom stereocenters. The quantitative estimate of drug-likeness (QED) is 0.817. The van der Waals surface area contributed by atoms with Crippen LogP contribution in [0.4, 0.5) is 0 Å². The van der Waals surface area contributed by atoms with E-state index in [-0.39, 0.29) is 5.56 Å². The lowest BCUT2D eigenvalue weighted by Crippen LogP contribution is -2.21. The third-order valence-electron chi connectivity index (χ3n) is 3.43. The number of aryl methyl sites for hydroxylation is 1. The maximum absolute atomic E-state index is 12.0. The van der Waals surface area contributed by atoms with Gasteiger partial charge in [-0.15, -0.1) is 0 Å². The number of aromatic nitrogens is 2. The van der Waals surface area contributed by atoms with Crippen LogP contribution in [-0.2, 0) is 4.74 Å². The van der Waals surface area contributed by atoms with Crippen LogP contribution in [0.3, 0.4) is 0 Å². The van der Waals surface area contributed by atoms with Crippen molar-refractivity contribution in [1.82, 2.24) is 9.55 Å². The smallest absolute Gasteiger partial charge is 0.272 e. The molecule has 0 amide bonds. The lowest BCUT2D eigenvalue weighted by molar-refractivity contribution is 0.0707. The second kappa shape index (κ2) is 4.04. The van der Waals surface area contributed by atoms with E-state index in [1.807, 2.05) is 25.3 Å². The van der Waals surface area contributed by atoms with Gasteiger partial charge in [0.05, 0.1) is 0 Å². The molecule has 1 saturated heterocycles. The van der Waals surface area contributed by atoms with E-state index in [1.165, 1.54) is 0 Å². The number of nitrogens with one attached hydrogen (secondary N) is 1. The molecule has 0 saturated carbocycles. The highest BCUT2D eigenvalue weighted by Crippen LogP contribution is 2.25. The van der Waals surface area contributed by atoms with E-state index >= 15 is 0 Å². The summed E-state index contributed by atoms with van der Waals surface area (Å²) in [6.45, 7) is 3.48. The fourth-order valence-corrected chi connectivity index (χ4v) is 2.60. The molecule has 0 bridgehead atoms. The van der Waals surface area contributed by atoms with Crippen molar-refractivity contribution in [2.45, 2.75) is 25.8 Å². The summed E-state index contributed by atoms with van der Waals surface area (Å²) in [6.07, 6.45) is 3.99. The summed E-state index contributed by atoms with van der Waals surface area (Å²) >= 11 is 0. The first-order valence-electron chi connectivity index (χ1n) is 6.04. The number of H-pyrrole nitrogens is 1. The first-order chi connectivity index (χ1) is 8.25. The van der Waals surface area contributed by atoms with Gasteiger partial charge in [-0.2, -0.15) is 0 Å². The SMILES string of the molecule is Cc1cc2ccn(C3CCOCC3)c2c(=O)[nH]1. The fraction of sp³-hybridized carbons (Fsp3) is 0.462. The summed E-state index contributed by atoms with van der Waals surface area (Å²) in [4.78, 5) is 14.9. The van der Waals surface area contributed by atoms with Gasteiger partial charge in [0.25, 0.3) is 5.56 Å². The van der Waals surface area contributed by atoms with E-state index in [2.05, 4.69) is 9.55 Å². The average molecular weight is 232 g/mol. The van der Waals surface area contributed by atoms with Crippen molar-refractivity contribution < 1.29 is 4.74 Å². The van der Waals surface area contributed by atoms with Gasteiger partial charge in [-0.3, -0.25) is 4.79 Å². The number of pyridine rings is 1. The van der Waals surface area contributed by atoms with Crippen LogP contribution < -0.4 is 5.56 Å². The highest BCUT2D eigenvalue weighted by Gasteiger charge is 2.18. The van der Waals surface area contributed by atoms with E-state index < -0.39 is 0 Å². The summed E-state index contributed by atoms with van der Waals surface area (Å²) in [5, 5.41) is 1.03. The summed E-state index contributed by atoms with van der Waals surface area (Å²) in [5.41, 5.74) is 1.71. The molecule has 4 nitrogen and oxygen atoms in total. The molecule has 3 heterocycles. The topological polar surface area (TPSA) is 47.0 Å². The molecule has 0 aromatic carbocycles. The molecule has 0 atom stereocenters. The van der Waals surface area contributed by atoms with Gasteiger partial charge in [-0.1, -0.05) is 0 Å². The third kappa shape index (κ3) is 1.78. The summed E-state index contributed by atoms with van der Waals surface area (Å²) in [7, 11) is 0. The Morgan fingerprint density at radius 3 is 2.94 bits per heavy atom. The van der Waals surface area contributed by atoms with Gasteiger partial charge in [0.2, 0.25) is 0 Å². The second-order valence-corrected chi connectivity index (χ2v) is 4.65. The molecular weight excluding hydrogens is 216 g/mol. The minimum Gasteiger partial charge on any atom is -0.381 e. The van der Waals surface area contributed by atoms with Crippen LogP contribution in [0.2, 0.25) is 0 Å². The van der Waals surface area contributed by atoms with Crippen LogP contribution in [0.15, 0.2) is 23.1 Å². The summed E-state index contributed by atoms with van der Waals surface area (Å²) in [5.74, 6) is 0. The van der Waals surface area contributed by atoms with Gasteiger partial charge in [-0.05, 0) is 31.9 Å². The highest BCUT2D eigenvalue weighted by molar-refractivity contribution is 5.79. The standard InChI is InChI=1S/C13H16N2O2/c1-9-8-10-2-5-15(12(10)13(16)14-9)11-3-6-17-7-4-11/h2,5,8,11H,3-4,6-7H2,1H3,(H,14,16). The molecule has 1 fully saturated rings. The number of nitrogens with zero attached hydrogens (tertiary/aromatic N) is 1. The maximum Gasteiger partial charge on any atom is 0.272 e. The molecule has 2 aromatic rings. The maximum atomic E-state index is 12.0. The zero-order chi connectivity index (χ0) is 11.8. The number of rotatable bonds is 1.